The minimum atomic E-state index is -0.0629. The first-order valence-corrected chi connectivity index (χ1v) is 17.5. The van der Waals surface area contributed by atoms with Crippen molar-refractivity contribution in [1.29, 1.82) is 0 Å². The van der Waals surface area contributed by atoms with E-state index in [4.69, 9.17) is 23.7 Å². The van der Waals surface area contributed by atoms with Gasteiger partial charge in [-0.3, -0.25) is 29.1 Å². The van der Waals surface area contributed by atoms with Gasteiger partial charge in [0.15, 0.2) is 0 Å². The lowest BCUT2D eigenvalue weighted by molar-refractivity contribution is -0.151. The first-order valence-electron chi connectivity index (χ1n) is 17.5. The fourth-order valence-corrected chi connectivity index (χ4v) is 7.45. The van der Waals surface area contributed by atoms with Crippen LogP contribution in [-0.4, -0.2) is 143 Å². The third kappa shape index (κ3) is 10.7. The van der Waals surface area contributed by atoms with Crippen LogP contribution in [0.3, 0.4) is 0 Å². The van der Waals surface area contributed by atoms with E-state index in [-0.39, 0.29) is 35.9 Å². The molecule has 5 fully saturated rings. The van der Waals surface area contributed by atoms with Crippen molar-refractivity contribution in [2.75, 3.05) is 73.8 Å². The van der Waals surface area contributed by atoms with Gasteiger partial charge in [-0.1, -0.05) is 0 Å². The molecule has 0 N–H and O–H groups in total. The van der Waals surface area contributed by atoms with E-state index >= 15 is 0 Å². The number of carbonyl (C=O) groups excluding carboxylic acids is 3. The maximum atomic E-state index is 11.8. The van der Waals surface area contributed by atoms with Gasteiger partial charge in [0.2, 0.25) is 0 Å². The lowest BCUT2D eigenvalue weighted by Crippen LogP contribution is -2.56. The fraction of sp³-hybridized carbons (Fsp3) is 0.912. The normalized spacial score (nSPS) is 33.4. The number of likely N-dealkylation sites (N-methyl/N-ethyl adjacent to an activating group) is 2. The number of likely N-dealkylation sites (tertiary alicyclic amines) is 3. The fourth-order valence-electron chi connectivity index (χ4n) is 7.45. The van der Waals surface area contributed by atoms with Gasteiger partial charge in [-0.2, -0.15) is 0 Å². The second-order valence-electron chi connectivity index (χ2n) is 13.7. The Balaban J connectivity index is 0.000000210. The molecule has 0 spiro atoms. The first kappa shape index (κ1) is 36.2. The SMILES string of the molecule is CCOC(=O)C1CCC(OC[C@@H]2CC(=O)CN2C)CC1.CCOC(=O)C1CCC(OC[C@@H]2C[C@H](N3CC(OC)C3)CN2C)CC1. The van der Waals surface area contributed by atoms with Crippen molar-refractivity contribution in [3.63, 3.8) is 0 Å². The van der Waals surface area contributed by atoms with Gasteiger partial charge in [-0.25, -0.2) is 0 Å². The Labute approximate surface area is 270 Å². The van der Waals surface area contributed by atoms with Gasteiger partial charge in [-0.15, -0.1) is 0 Å². The second-order valence-corrected chi connectivity index (χ2v) is 13.7. The summed E-state index contributed by atoms with van der Waals surface area (Å²) in [5, 5.41) is 0. The van der Waals surface area contributed by atoms with Gasteiger partial charge in [0.1, 0.15) is 5.78 Å². The topological polar surface area (TPSA) is 107 Å². The average molecular weight is 638 g/mol. The number of ether oxygens (including phenoxy) is 5. The quantitative estimate of drug-likeness (QED) is 0.295. The zero-order valence-corrected chi connectivity index (χ0v) is 28.5. The van der Waals surface area contributed by atoms with E-state index in [2.05, 4.69) is 21.7 Å². The van der Waals surface area contributed by atoms with Crippen LogP contribution in [-0.2, 0) is 38.1 Å². The van der Waals surface area contributed by atoms with E-state index in [1.165, 1.54) is 6.42 Å². The van der Waals surface area contributed by atoms with Crippen molar-refractivity contribution in [3.8, 4) is 0 Å². The summed E-state index contributed by atoms with van der Waals surface area (Å²) >= 11 is 0. The molecule has 3 saturated heterocycles. The molecular formula is C34H59N3O8. The molecule has 258 valence electrons. The molecule has 3 heterocycles. The van der Waals surface area contributed by atoms with Crippen LogP contribution in [0.5, 0.6) is 0 Å². The number of hydrogen-bond acceptors (Lipinski definition) is 11. The number of Topliss-reactive ketones (excluding diaryl/α,β-unsaturated/α-hetero) is 1. The van der Waals surface area contributed by atoms with Crippen molar-refractivity contribution < 1.29 is 38.1 Å². The van der Waals surface area contributed by atoms with E-state index in [1.54, 1.807) is 7.11 Å². The number of nitrogens with zero attached hydrogens (tertiary/aromatic N) is 3. The van der Waals surface area contributed by atoms with Crippen molar-refractivity contribution in [2.24, 2.45) is 11.8 Å². The van der Waals surface area contributed by atoms with Crippen molar-refractivity contribution in [1.82, 2.24) is 14.7 Å². The van der Waals surface area contributed by atoms with Crippen LogP contribution in [0.25, 0.3) is 0 Å². The van der Waals surface area contributed by atoms with Crippen LogP contribution < -0.4 is 0 Å². The Hall–Kier alpha value is -1.63. The predicted molar refractivity (Wildman–Crippen MR) is 170 cm³/mol. The molecule has 45 heavy (non-hydrogen) atoms. The van der Waals surface area contributed by atoms with Crippen LogP contribution in [0.2, 0.25) is 0 Å². The van der Waals surface area contributed by atoms with Crippen LogP contribution in [0.15, 0.2) is 0 Å². The molecule has 11 nitrogen and oxygen atoms in total. The van der Waals surface area contributed by atoms with E-state index in [9.17, 15) is 14.4 Å². The molecule has 0 amide bonds. The molecule has 0 bridgehead atoms. The Morgan fingerprint density at radius 1 is 0.711 bits per heavy atom. The van der Waals surface area contributed by atoms with Gasteiger partial charge in [0.25, 0.3) is 0 Å². The van der Waals surface area contributed by atoms with E-state index in [0.29, 0.717) is 62.9 Å². The molecule has 0 aromatic carbocycles. The number of rotatable bonds is 12. The molecular weight excluding hydrogens is 578 g/mol. The molecule has 0 aromatic heterocycles. The monoisotopic (exact) mass is 637 g/mol. The molecule has 0 aromatic rings. The molecule has 0 radical (unpaired) electrons. The molecule has 11 heteroatoms. The number of esters is 2. The highest BCUT2D eigenvalue weighted by atomic mass is 16.5. The summed E-state index contributed by atoms with van der Waals surface area (Å²) in [6.45, 7) is 9.88. The molecule has 2 aliphatic carbocycles. The molecule has 5 rings (SSSR count). The molecule has 3 aliphatic heterocycles. The van der Waals surface area contributed by atoms with E-state index < -0.39 is 0 Å². The highest BCUT2D eigenvalue weighted by Gasteiger charge is 2.39. The van der Waals surface area contributed by atoms with Gasteiger partial charge in [0.05, 0.1) is 63.1 Å². The van der Waals surface area contributed by atoms with E-state index in [1.807, 2.05) is 20.9 Å². The van der Waals surface area contributed by atoms with Gasteiger partial charge in [0, 0.05) is 51.3 Å². The molecule has 3 atom stereocenters. The predicted octanol–water partition coefficient (Wildman–Crippen LogP) is 2.93. The van der Waals surface area contributed by atoms with Crippen LogP contribution in [0.4, 0.5) is 0 Å². The van der Waals surface area contributed by atoms with Crippen LogP contribution in [0, 0.1) is 11.8 Å². The molecule has 5 aliphatic rings. The van der Waals surface area contributed by atoms with Gasteiger partial charge < -0.3 is 23.7 Å². The zero-order valence-electron chi connectivity index (χ0n) is 28.5. The summed E-state index contributed by atoms with van der Waals surface area (Å²) in [5.74, 6) is 0.339. The van der Waals surface area contributed by atoms with Crippen molar-refractivity contribution >= 4 is 17.7 Å². The number of hydrogen-bond donors (Lipinski definition) is 0. The summed E-state index contributed by atoms with van der Waals surface area (Å²) in [6, 6.07) is 1.38. The maximum absolute atomic E-state index is 11.8. The average Bonchev–Trinajstić information content (AvgIpc) is 3.54. The van der Waals surface area contributed by atoms with Gasteiger partial charge >= 0.3 is 11.9 Å². The zero-order chi connectivity index (χ0) is 32.3. The lowest BCUT2D eigenvalue weighted by Gasteiger charge is -2.42. The third-order valence-corrected chi connectivity index (χ3v) is 10.5. The second kappa shape index (κ2) is 18.1. The Morgan fingerprint density at radius 3 is 1.67 bits per heavy atom. The van der Waals surface area contributed by atoms with Crippen molar-refractivity contribution in [2.45, 2.75) is 114 Å². The first-order chi connectivity index (χ1) is 21.7. The summed E-state index contributed by atoms with van der Waals surface area (Å²) < 4.78 is 27.7. The summed E-state index contributed by atoms with van der Waals surface area (Å²) in [7, 11) is 5.98. The molecule has 0 unspecified atom stereocenters. The maximum Gasteiger partial charge on any atom is 0.308 e. The van der Waals surface area contributed by atoms with Crippen molar-refractivity contribution in [3.05, 3.63) is 0 Å². The minimum absolute atomic E-state index is 0.0248. The number of carbonyl (C=O) groups is 3. The van der Waals surface area contributed by atoms with Gasteiger partial charge in [-0.05, 0) is 85.7 Å². The summed E-state index contributed by atoms with van der Waals surface area (Å²) in [6.07, 6.45) is 10.0. The number of ketones is 1. The Morgan fingerprint density at radius 2 is 1.22 bits per heavy atom. The summed E-state index contributed by atoms with van der Waals surface area (Å²) in [5.41, 5.74) is 0. The smallest absolute Gasteiger partial charge is 0.308 e. The Kier molecular flexibility index (Phi) is 14.5. The Bertz CT molecular complexity index is 930. The standard InChI is InChI=1S/C19H34N2O4.C15H25NO4/c1-4-24-19(22)14-5-7-17(8-6-14)25-13-16-9-15(10-20(16)2)21-11-18(12-21)23-3;1-3-19-15(18)11-4-6-14(7-5-11)20-10-12-8-13(17)9-16(12)2/h14-18H,4-13H2,1-3H3;11-12,14H,3-10H2,1-2H3/t14?,15-,16-,17?;11?,12-,14?/m00/s1. The third-order valence-electron chi connectivity index (χ3n) is 10.5. The lowest BCUT2D eigenvalue weighted by atomic mass is 9.87. The van der Waals surface area contributed by atoms with Crippen LogP contribution >= 0.6 is 0 Å². The number of methoxy groups -OCH3 is 1. The van der Waals surface area contributed by atoms with Crippen LogP contribution in [0.1, 0.15) is 78.1 Å². The highest BCUT2D eigenvalue weighted by molar-refractivity contribution is 5.83. The summed E-state index contributed by atoms with van der Waals surface area (Å²) in [4.78, 5) is 41.8. The van der Waals surface area contributed by atoms with E-state index in [0.717, 1.165) is 77.6 Å². The minimum Gasteiger partial charge on any atom is -0.466 e. The highest BCUT2D eigenvalue weighted by Crippen LogP contribution is 2.30. The largest absolute Gasteiger partial charge is 0.466 e. The molecule has 2 saturated carbocycles.